The topological polar surface area (TPSA) is 117 Å². The lowest BCUT2D eigenvalue weighted by Crippen LogP contribution is -2.43. The maximum absolute atomic E-state index is 12.7. The Morgan fingerprint density at radius 1 is 1.09 bits per heavy atom. The number of rotatable bonds is 9. The molecule has 10 nitrogen and oxygen atoms in total. The van der Waals surface area contributed by atoms with Crippen molar-refractivity contribution in [2.75, 3.05) is 57.6 Å². The molecule has 184 valence electrons. The fraction of sp³-hybridized carbons (Fsp3) is 0.391. The van der Waals surface area contributed by atoms with E-state index in [-0.39, 0.29) is 23.3 Å². The molecule has 34 heavy (non-hydrogen) atoms. The second kappa shape index (κ2) is 11.4. The number of sulfonamides is 1. The summed E-state index contributed by atoms with van der Waals surface area (Å²) in [6, 6.07) is 12.4. The second-order valence-corrected chi connectivity index (χ2v) is 9.84. The Balaban J connectivity index is 1.54. The zero-order valence-electron chi connectivity index (χ0n) is 19.5. The molecular formula is C23H30N4O6S. The van der Waals surface area contributed by atoms with Crippen molar-refractivity contribution in [1.29, 1.82) is 0 Å². The highest BCUT2D eigenvalue weighted by Crippen LogP contribution is 2.20. The van der Waals surface area contributed by atoms with E-state index < -0.39 is 16.1 Å². The van der Waals surface area contributed by atoms with E-state index in [0.29, 0.717) is 43.4 Å². The van der Waals surface area contributed by atoms with Crippen molar-refractivity contribution < 1.29 is 27.5 Å². The molecule has 2 N–H and O–H groups in total. The lowest BCUT2D eigenvalue weighted by molar-refractivity contribution is -0.122. The monoisotopic (exact) mass is 490 g/mol. The molecule has 0 saturated carbocycles. The molecule has 0 aromatic heterocycles. The minimum Gasteiger partial charge on any atom is -0.497 e. The molecule has 1 unspecified atom stereocenters. The Morgan fingerprint density at radius 3 is 2.41 bits per heavy atom. The quantitative estimate of drug-likeness (QED) is 0.548. The number of hydrogen-bond acceptors (Lipinski definition) is 7. The first-order valence-corrected chi connectivity index (χ1v) is 12.3. The SMILES string of the molecule is COc1cccc(NC(=O)CN(C)C(C)C(=O)Nc2ccc(S(=O)(=O)N3CCOCC3)cc2)c1. The largest absolute Gasteiger partial charge is 0.497 e. The molecule has 11 heteroatoms. The van der Waals surface area contributed by atoms with Crippen LogP contribution in [0.2, 0.25) is 0 Å². The van der Waals surface area contributed by atoms with Gasteiger partial charge in [0.2, 0.25) is 21.8 Å². The van der Waals surface area contributed by atoms with Crippen LogP contribution in [-0.2, 0) is 24.3 Å². The smallest absolute Gasteiger partial charge is 0.243 e. The summed E-state index contributed by atoms with van der Waals surface area (Å²) < 4.78 is 37.2. The van der Waals surface area contributed by atoms with Crippen LogP contribution in [0.5, 0.6) is 5.75 Å². The van der Waals surface area contributed by atoms with Gasteiger partial charge in [0.05, 0.1) is 37.8 Å². The molecule has 3 rings (SSSR count). The molecule has 1 aliphatic rings. The van der Waals surface area contributed by atoms with E-state index in [0.717, 1.165) is 0 Å². The van der Waals surface area contributed by atoms with Gasteiger partial charge in [0.25, 0.3) is 0 Å². The maximum Gasteiger partial charge on any atom is 0.243 e. The predicted molar refractivity (Wildman–Crippen MR) is 128 cm³/mol. The summed E-state index contributed by atoms with van der Waals surface area (Å²) in [6.07, 6.45) is 0. The van der Waals surface area contributed by atoms with Gasteiger partial charge in [-0.25, -0.2) is 8.42 Å². The Morgan fingerprint density at radius 2 is 1.76 bits per heavy atom. The Bertz CT molecular complexity index is 1100. The Labute approximate surface area is 199 Å². The molecule has 1 heterocycles. The summed E-state index contributed by atoms with van der Waals surface area (Å²) >= 11 is 0. The van der Waals surface area contributed by atoms with Crippen molar-refractivity contribution in [3.63, 3.8) is 0 Å². The molecule has 1 aliphatic heterocycles. The number of amides is 2. The molecule has 1 fully saturated rings. The summed E-state index contributed by atoms with van der Waals surface area (Å²) in [7, 11) is -0.380. The lowest BCUT2D eigenvalue weighted by Gasteiger charge is -2.26. The zero-order valence-corrected chi connectivity index (χ0v) is 20.3. The fourth-order valence-electron chi connectivity index (χ4n) is 3.36. The summed E-state index contributed by atoms with van der Waals surface area (Å²) in [5.74, 6) is 0.0382. The van der Waals surface area contributed by atoms with Crippen molar-refractivity contribution in [3.8, 4) is 5.75 Å². The number of hydrogen-bond donors (Lipinski definition) is 2. The average molecular weight is 491 g/mol. The number of ether oxygens (including phenoxy) is 2. The number of nitrogens with one attached hydrogen (secondary N) is 2. The van der Waals surface area contributed by atoms with Gasteiger partial charge in [-0.3, -0.25) is 14.5 Å². The van der Waals surface area contributed by atoms with E-state index in [1.165, 1.54) is 16.4 Å². The van der Waals surface area contributed by atoms with Crippen molar-refractivity contribution in [3.05, 3.63) is 48.5 Å². The number of carbonyl (C=O) groups excluding carboxylic acids is 2. The van der Waals surface area contributed by atoms with Crippen LogP contribution in [0.3, 0.4) is 0 Å². The van der Waals surface area contributed by atoms with Crippen LogP contribution in [0, 0.1) is 0 Å². The van der Waals surface area contributed by atoms with Gasteiger partial charge in [-0.1, -0.05) is 6.07 Å². The normalized spacial score (nSPS) is 15.5. The molecule has 2 amide bonds. The summed E-state index contributed by atoms with van der Waals surface area (Å²) in [5, 5.41) is 5.54. The second-order valence-electron chi connectivity index (χ2n) is 7.90. The molecule has 1 atom stereocenters. The van der Waals surface area contributed by atoms with Crippen LogP contribution in [0.15, 0.2) is 53.4 Å². The molecule has 1 saturated heterocycles. The minimum atomic E-state index is -3.60. The van der Waals surface area contributed by atoms with Crippen molar-refractivity contribution >= 4 is 33.2 Å². The molecule has 2 aromatic rings. The van der Waals surface area contributed by atoms with Crippen LogP contribution >= 0.6 is 0 Å². The van der Waals surface area contributed by atoms with Crippen LogP contribution < -0.4 is 15.4 Å². The third kappa shape index (κ3) is 6.54. The number of carbonyl (C=O) groups is 2. The number of benzene rings is 2. The van der Waals surface area contributed by atoms with Crippen LogP contribution in [-0.4, -0.2) is 82.5 Å². The average Bonchev–Trinajstić information content (AvgIpc) is 2.84. The highest BCUT2D eigenvalue weighted by Gasteiger charge is 2.26. The summed E-state index contributed by atoms with van der Waals surface area (Å²) in [6.45, 7) is 3.06. The summed E-state index contributed by atoms with van der Waals surface area (Å²) in [5.41, 5.74) is 1.06. The Hall–Kier alpha value is -2.99. The molecule has 0 radical (unpaired) electrons. The minimum absolute atomic E-state index is 0.00251. The van der Waals surface area contributed by atoms with Gasteiger partial charge in [-0.05, 0) is 50.4 Å². The van der Waals surface area contributed by atoms with Crippen molar-refractivity contribution in [2.24, 2.45) is 0 Å². The molecule has 0 spiro atoms. The number of likely N-dealkylation sites (N-methyl/N-ethyl adjacent to an activating group) is 1. The van der Waals surface area contributed by atoms with Crippen molar-refractivity contribution in [2.45, 2.75) is 17.9 Å². The van der Waals surface area contributed by atoms with E-state index in [1.807, 2.05) is 0 Å². The highest BCUT2D eigenvalue weighted by atomic mass is 32.2. The van der Waals surface area contributed by atoms with Gasteiger partial charge >= 0.3 is 0 Å². The first-order valence-electron chi connectivity index (χ1n) is 10.8. The number of methoxy groups -OCH3 is 1. The number of morpholine rings is 1. The number of anilines is 2. The van der Waals surface area contributed by atoms with Crippen LogP contribution in [0.4, 0.5) is 11.4 Å². The highest BCUT2D eigenvalue weighted by molar-refractivity contribution is 7.89. The van der Waals surface area contributed by atoms with E-state index in [4.69, 9.17) is 9.47 Å². The third-order valence-corrected chi connectivity index (χ3v) is 7.43. The van der Waals surface area contributed by atoms with Gasteiger partial charge < -0.3 is 20.1 Å². The van der Waals surface area contributed by atoms with E-state index >= 15 is 0 Å². The number of nitrogens with zero attached hydrogens (tertiary/aromatic N) is 2. The molecular weight excluding hydrogens is 460 g/mol. The van der Waals surface area contributed by atoms with Crippen LogP contribution in [0.25, 0.3) is 0 Å². The first kappa shape index (κ1) is 25.6. The van der Waals surface area contributed by atoms with Gasteiger partial charge in [0.1, 0.15) is 5.75 Å². The van der Waals surface area contributed by atoms with Gasteiger partial charge in [0.15, 0.2) is 0 Å². The van der Waals surface area contributed by atoms with Gasteiger partial charge in [-0.2, -0.15) is 4.31 Å². The summed E-state index contributed by atoms with van der Waals surface area (Å²) in [4.78, 5) is 26.8. The maximum atomic E-state index is 12.7. The predicted octanol–water partition coefficient (Wildman–Crippen LogP) is 1.61. The van der Waals surface area contributed by atoms with Crippen molar-refractivity contribution in [1.82, 2.24) is 9.21 Å². The van der Waals surface area contributed by atoms with Crippen LogP contribution in [0.1, 0.15) is 6.92 Å². The molecule has 0 bridgehead atoms. The third-order valence-electron chi connectivity index (χ3n) is 5.52. The van der Waals surface area contributed by atoms with Gasteiger partial charge in [-0.15, -0.1) is 0 Å². The molecule has 2 aromatic carbocycles. The van der Waals surface area contributed by atoms with E-state index in [2.05, 4.69) is 10.6 Å². The fourth-order valence-corrected chi connectivity index (χ4v) is 4.77. The Kier molecular flexibility index (Phi) is 8.61. The van der Waals surface area contributed by atoms with E-state index in [9.17, 15) is 18.0 Å². The molecule has 0 aliphatic carbocycles. The first-order chi connectivity index (χ1) is 16.2. The lowest BCUT2D eigenvalue weighted by atomic mass is 10.2. The van der Waals surface area contributed by atoms with E-state index in [1.54, 1.807) is 62.4 Å². The zero-order chi connectivity index (χ0) is 24.7. The standard InChI is InChI=1S/C23H30N4O6S/c1-17(26(2)16-22(28)24-19-5-4-6-20(15-19)32-3)23(29)25-18-7-9-21(10-8-18)34(30,31)27-11-13-33-14-12-27/h4-10,15,17H,11-14,16H2,1-3H3,(H,24,28)(H,25,29). The van der Waals surface area contributed by atoms with Gasteiger partial charge in [0, 0.05) is 30.5 Å².